The van der Waals surface area contributed by atoms with Crippen molar-refractivity contribution in [1.29, 1.82) is 0 Å². The molecular formula is C18H18N2O2. The molecule has 3 aromatic rings. The van der Waals surface area contributed by atoms with Crippen LogP contribution in [0.3, 0.4) is 0 Å². The zero-order valence-electron chi connectivity index (χ0n) is 12.4. The molecule has 2 aromatic carbocycles. The molecule has 0 amide bonds. The third kappa shape index (κ3) is 2.72. The fraction of sp³-hybridized carbons (Fsp3) is 0.222. The number of para-hydroxylation sites is 2. The van der Waals surface area contributed by atoms with Crippen LogP contribution in [-0.2, 0) is 17.6 Å². The molecule has 3 rings (SSSR count). The molecule has 1 aromatic heterocycles. The maximum absolute atomic E-state index is 11.4. The van der Waals surface area contributed by atoms with Crippen LogP contribution in [0.15, 0.2) is 54.6 Å². The highest BCUT2D eigenvalue weighted by molar-refractivity contribution is 5.80. The van der Waals surface area contributed by atoms with Crippen LogP contribution in [0.4, 0.5) is 0 Å². The van der Waals surface area contributed by atoms with Gasteiger partial charge in [-0.25, -0.2) is 9.78 Å². The lowest BCUT2D eigenvalue weighted by Gasteiger charge is -2.13. The summed E-state index contributed by atoms with van der Waals surface area (Å²) < 4.78 is 1.83. The zero-order valence-corrected chi connectivity index (χ0v) is 12.4. The van der Waals surface area contributed by atoms with E-state index in [-0.39, 0.29) is 0 Å². The predicted octanol–water partition coefficient (Wildman–Crippen LogP) is 3.47. The summed E-state index contributed by atoms with van der Waals surface area (Å²) in [6.45, 7) is 1.70. The fourth-order valence-corrected chi connectivity index (χ4v) is 2.71. The molecule has 0 aliphatic rings. The molecule has 1 atom stereocenters. The van der Waals surface area contributed by atoms with Crippen molar-refractivity contribution in [1.82, 2.24) is 9.55 Å². The molecule has 4 heteroatoms. The Morgan fingerprint density at radius 3 is 2.50 bits per heavy atom. The van der Waals surface area contributed by atoms with Crippen LogP contribution in [0.5, 0.6) is 0 Å². The van der Waals surface area contributed by atoms with E-state index in [2.05, 4.69) is 17.1 Å². The Bertz CT molecular complexity index is 793. The third-order valence-electron chi connectivity index (χ3n) is 3.89. The van der Waals surface area contributed by atoms with E-state index in [4.69, 9.17) is 0 Å². The Labute approximate surface area is 129 Å². The number of rotatable bonds is 5. The molecule has 0 aliphatic carbocycles. The number of aromatic nitrogens is 2. The third-order valence-corrected chi connectivity index (χ3v) is 3.89. The first-order chi connectivity index (χ1) is 10.7. The fourth-order valence-electron chi connectivity index (χ4n) is 2.71. The maximum atomic E-state index is 11.4. The molecule has 0 aliphatic heterocycles. The number of hydrogen-bond acceptors (Lipinski definition) is 2. The summed E-state index contributed by atoms with van der Waals surface area (Å²) in [5.41, 5.74) is 2.95. The van der Waals surface area contributed by atoms with Gasteiger partial charge in [0.25, 0.3) is 0 Å². The molecule has 22 heavy (non-hydrogen) atoms. The summed E-state index contributed by atoms with van der Waals surface area (Å²) in [7, 11) is 0. The molecule has 0 saturated heterocycles. The Morgan fingerprint density at radius 1 is 1.09 bits per heavy atom. The highest BCUT2D eigenvalue weighted by atomic mass is 16.4. The minimum Gasteiger partial charge on any atom is -0.480 e. The quantitative estimate of drug-likeness (QED) is 0.784. The van der Waals surface area contributed by atoms with Crippen molar-refractivity contribution in [3.63, 3.8) is 0 Å². The van der Waals surface area contributed by atoms with Crippen molar-refractivity contribution in [2.45, 2.75) is 25.8 Å². The van der Waals surface area contributed by atoms with Gasteiger partial charge in [-0.2, -0.15) is 0 Å². The van der Waals surface area contributed by atoms with E-state index in [9.17, 15) is 9.90 Å². The smallest absolute Gasteiger partial charge is 0.326 e. The highest BCUT2D eigenvalue weighted by Crippen LogP contribution is 2.22. The molecule has 1 unspecified atom stereocenters. The number of carboxylic acids is 1. The second-order valence-electron chi connectivity index (χ2n) is 5.39. The van der Waals surface area contributed by atoms with Gasteiger partial charge in [-0.15, -0.1) is 0 Å². The first-order valence-electron chi connectivity index (χ1n) is 7.39. The van der Waals surface area contributed by atoms with E-state index < -0.39 is 12.0 Å². The van der Waals surface area contributed by atoms with Crippen LogP contribution >= 0.6 is 0 Å². The van der Waals surface area contributed by atoms with E-state index >= 15 is 0 Å². The molecule has 0 spiro atoms. The van der Waals surface area contributed by atoms with E-state index in [1.54, 1.807) is 6.92 Å². The number of carbonyl (C=O) groups is 1. The largest absolute Gasteiger partial charge is 0.480 e. The average Bonchev–Trinajstić information content (AvgIpc) is 2.91. The Balaban J connectivity index is 1.97. The standard InChI is InChI=1S/C18H18N2O2/c1-13(18(21)22)20-16-10-6-5-9-15(16)19-17(20)12-11-14-7-3-2-4-8-14/h2-10,13H,11-12H2,1H3,(H,21,22). The normalized spacial score (nSPS) is 12.4. The Hall–Kier alpha value is -2.62. The molecule has 4 nitrogen and oxygen atoms in total. The number of fused-ring (bicyclic) bond motifs is 1. The monoisotopic (exact) mass is 294 g/mol. The number of hydrogen-bond donors (Lipinski definition) is 1. The summed E-state index contributed by atoms with van der Waals surface area (Å²) in [6, 6.07) is 17.2. The molecule has 0 fully saturated rings. The van der Waals surface area contributed by atoms with E-state index in [1.165, 1.54) is 5.56 Å². The van der Waals surface area contributed by atoms with Crippen molar-refractivity contribution >= 4 is 17.0 Å². The van der Waals surface area contributed by atoms with Crippen molar-refractivity contribution in [2.24, 2.45) is 0 Å². The van der Waals surface area contributed by atoms with Crippen LogP contribution < -0.4 is 0 Å². The molecule has 1 N–H and O–H groups in total. The van der Waals surface area contributed by atoms with Gasteiger partial charge in [0.05, 0.1) is 11.0 Å². The van der Waals surface area contributed by atoms with E-state index in [0.29, 0.717) is 0 Å². The van der Waals surface area contributed by atoms with Gasteiger partial charge < -0.3 is 9.67 Å². The van der Waals surface area contributed by atoms with Gasteiger partial charge in [-0.3, -0.25) is 0 Å². The van der Waals surface area contributed by atoms with Gasteiger partial charge in [0.2, 0.25) is 0 Å². The lowest BCUT2D eigenvalue weighted by molar-refractivity contribution is -0.140. The second-order valence-corrected chi connectivity index (χ2v) is 5.39. The zero-order chi connectivity index (χ0) is 15.5. The van der Waals surface area contributed by atoms with Crippen molar-refractivity contribution in [3.05, 3.63) is 66.0 Å². The van der Waals surface area contributed by atoms with Gasteiger partial charge in [-0.1, -0.05) is 42.5 Å². The SMILES string of the molecule is CC(C(=O)O)n1c(CCc2ccccc2)nc2ccccc21. The molecular weight excluding hydrogens is 276 g/mol. The lowest BCUT2D eigenvalue weighted by Crippen LogP contribution is -2.18. The maximum Gasteiger partial charge on any atom is 0.326 e. The van der Waals surface area contributed by atoms with Gasteiger partial charge in [0.1, 0.15) is 11.9 Å². The van der Waals surface area contributed by atoms with Gasteiger partial charge in [-0.05, 0) is 31.0 Å². The number of nitrogens with zero attached hydrogens (tertiary/aromatic N) is 2. The lowest BCUT2D eigenvalue weighted by atomic mass is 10.1. The highest BCUT2D eigenvalue weighted by Gasteiger charge is 2.20. The van der Waals surface area contributed by atoms with E-state index in [0.717, 1.165) is 29.7 Å². The van der Waals surface area contributed by atoms with Crippen LogP contribution in [-0.4, -0.2) is 20.6 Å². The molecule has 0 bridgehead atoms. The number of aryl methyl sites for hydroxylation is 2. The van der Waals surface area contributed by atoms with Crippen molar-refractivity contribution in [2.75, 3.05) is 0 Å². The van der Waals surface area contributed by atoms with Gasteiger partial charge in [0, 0.05) is 6.42 Å². The molecule has 112 valence electrons. The van der Waals surface area contributed by atoms with Crippen LogP contribution in [0.1, 0.15) is 24.4 Å². The molecule has 0 saturated carbocycles. The predicted molar refractivity (Wildman–Crippen MR) is 85.9 cm³/mol. The first kappa shape index (κ1) is 14.3. The van der Waals surface area contributed by atoms with E-state index in [1.807, 2.05) is 47.0 Å². The van der Waals surface area contributed by atoms with Crippen LogP contribution in [0, 0.1) is 0 Å². The minimum absolute atomic E-state index is 0.627. The van der Waals surface area contributed by atoms with Crippen molar-refractivity contribution in [3.8, 4) is 0 Å². The summed E-state index contributed by atoms with van der Waals surface area (Å²) in [4.78, 5) is 16.1. The summed E-state index contributed by atoms with van der Waals surface area (Å²) in [6.07, 6.45) is 1.56. The number of benzene rings is 2. The minimum atomic E-state index is -0.843. The van der Waals surface area contributed by atoms with Gasteiger partial charge >= 0.3 is 5.97 Å². The van der Waals surface area contributed by atoms with Crippen LogP contribution in [0.2, 0.25) is 0 Å². The summed E-state index contributed by atoms with van der Waals surface area (Å²) in [5, 5.41) is 9.37. The Kier molecular flexibility index (Phi) is 3.92. The number of carboxylic acid groups (broad SMARTS) is 1. The average molecular weight is 294 g/mol. The molecule has 0 radical (unpaired) electrons. The first-order valence-corrected chi connectivity index (χ1v) is 7.39. The Morgan fingerprint density at radius 2 is 1.77 bits per heavy atom. The number of aliphatic carboxylic acids is 1. The van der Waals surface area contributed by atoms with Gasteiger partial charge in [0.15, 0.2) is 0 Å². The summed E-state index contributed by atoms with van der Waals surface area (Å²) >= 11 is 0. The van der Waals surface area contributed by atoms with Crippen molar-refractivity contribution < 1.29 is 9.90 Å². The number of imidazole rings is 1. The second kappa shape index (κ2) is 6.02. The summed E-state index contributed by atoms with van der Waals surface area (Å²) in [5.74, 6) is -0.0240. The molecule has 1 heterocycles. The topological polar surface area (TPSA) is 55.1 Å². The van der Waals surface area contributed by atoms with Crippen LogP contribution in [0.25, 0.3) is 11.0 Å².